The molecule has 2 rings (SSSR count). The van der Waals surface area contributed by atoms with E-state index in [2.05, 4.69) is 37.7 Å². The largest absolute Gasteiger partial charge is 0.328 e. The summed E-state index contributed by atoms with van der Waals surface area (Å²) in [5.74, 6) is 0. The molecule has 0 amide bonds. The quantitative estimate of drug-likeness (QED) is 0.870. The Hall–Kier alpha value is -0.830. The van der Waals surface area contributed by atoms with E-state index in [0.29, 0.717) is 6.04 Å². The highest BCUT2D eigenvalue weighted by atomic mass is 15.3. The molecule has 102 valence electrons. The molecule has 2 N–H and O–H groups in total. The third kappa shape index (κ3) is 3.58. The molecule has 1 aromatic heterocycles. The van der Waals surface area contributed by atoms with Crippen LogP contribution in [0.1, 0.15) is 64.6 Å². The maximum atomic E-state index is 5.91. The lowest BCUT2D eigenvalue weighted by Crippen LogP contribution is -2.26. The van der Waals surface area contributed by atoms with Gasteiger partial charge < -0.3 is 5.73 Å². The zero-order valence-electron chi connectivity index (χ0n) is 12.0. The first kappa shape index (κ1) is 13.6. The van der Waals surface area contributed by atoms with Crippen LogP contribution < -0.4 is 5.73 Å². The highest BCUT2D eigenvalue weighted by molar-refractivity contribution is 5.03. The Bertz CT molecular complexity index is 373. The molecule has 0 bridgehead atoms. The van der Waals surface area contributed by atoms with Crippen LogP contribution in [0.3, 0.4) is 0 Å². The molecular weight excluding hydrogens is 222 g/mol. The molecule has 1 unspecified atom stereocenters. The Kier molecular flexibility index (Phi) is 4.10. The van der Waals surface area contributed by atoms with Crippen LogP contribution >= 0.6 is 0 Å². The molecule has 3 heteroatoms. The van der Waals surface area contributed by atoms with Crippen molar-refractivity contribution in [2.24, 2.45) is 11.1 Å². The minimum Gasteiger partial charge on any atom is -0.328 e. The number of rotatable bonds is 5. The molecule has 0 saturated heterocycles. The van der Waals surface area contributed by atoms with Crippen molar-refractivity contribution in [1.29, 1.82) is 0 Å². The molecule has 0 aliphatic heterocycles. The molecule has 3 nitrogen and oxygen atoms in total. The SMILES string of the molecule is CC(N)CC(C)(C)Cc1ccn(C2CCCC2)n1. The van der Waals surface area contributed by atoms with Crippen LogP contribution in [0.15, 0.2) is 12.3 Å². The van der Waals surface area contributed by atoms with Gasteiger partial charge in [0, 0.05) is 12.2 Å². The van der Waals surface area contributed by atoms with Gasteiger partial charge in [0.25, 0.3) is 0 Å². The second-order valence-electron chi connectivity index (χ2n) is 6.75. The Morgan fingerprint density at radius 1 is 1.44 bits per heavy atom. The first-order valence-electron chi connectivity index (χ1n) is 7.26. The van der Waals surface area contributed by atoms with Crippen molar-refractivity contribution >= 4 is 0 Å². The maximum absolute atomic E-state index is 5.91. The molecular formula is C15H27N3. The fourth-order valence-corrected chi connectivity index (χ4v) is 3.28. The van der Waals surface area contributed by atoms with Crippen LogP contribution in [-0.2, 0) is 6.42 Å². The van der Waals surface area contributed by atoms with Crippen molar-refractivity contribution in [3.8, 4) is 0 Å². The fourth-order valence-electron chi connectivity index (χ4n) is 3.28. The molecule has 0 radical (unpaired) electrons. The average Bonchev–Trinajstić information content (AvgIpc) is 2.82. The van der Waals surface area contributed by atoms with Crippen LogP contribution in [0.4, 0.5) is 0 Å². The summed E-state index contributed by atoms with van der Waals surface area (Å²) in [4.78, 5) is 0. The van der Waals surface area contributed by atoms with Gasteiger partial charge in [0.2, 0.25) is 0 Å². The van der Waals surface area contributed by atoms with E-state index in [1.165, 1.54) is 31.4 Å². The summed E-state index contributed by atoms with van der Waals surface area (Å²) < 4.78 is 2.18. The fraction of sp³-hybridized carbons (Fsp3) is 0.800. The van der Waals surface area contributed by atoms with Crippen molar-refractivity contribution in [1.82, 2.24) is 9.78 Å². The summed E-state index contributed by atoms with van der Waals surface area (Å²) >= 11 is 0. The van der Waals surface area contributed by atoms with Gasteiger partial charge in [0.05, 0.1) is 11.7 Å². The van der Waals surface area contributed by atoms with Crippen LogP contribution in [0.25, 0.3) is 0 Å². The monoisotopic (exact) mass is 249 g/mol. The third-order valence-electron chi connectivity index (χ3n) is 3.90. The smallest absolute Gasteiger partial charge is 0.0630 e. The molecule has 1 atom stereocenters. The van der Waals surface area contributed by atoms with Crippen LogP contribution in [0.2, 0.25) is 0 Å². The molecule has 1 aliphatic rings. The van der Waals surface area contributed by atoms with Gasteiger partial charge in [-0.05, 0) is 44.1 Å². The Balaban J connectivity index is 1.97. The molecule has 1 aliphatic carbocycles. The van der Waals surface area contributed by atoms with Crippen molar-refractivity contribution in [3.05, 3.63) is 18.0 Å². The second-order valence-corrected chi connectivity index (χ2v) is 6.75. The molecule has 1 aromatic rings. The first-order chi connectivity index (χ1) is 8.46. The van der Waals surface area contributed by atoms with Gasteiger partial charge in [-0.15, -0.1) is 0 Å². The molecule has 0 aromatic carbocycles. The predicted octanol–water partition coefficient (Wildman–Crippen LogP) is 3.30. The minimum absolute atomic E-state index is 0.239. The number of aromatic nitrogens is 2. The van der Waals surface area contributed by atoms with Crippen molar-refractivity contribution in [2.75, 3.05) is 0 Å². The van der Waals surface area contributed by atoms with Gasteiger partial charge in [-0.1, -0.05) is 26.7 Å². The summed E-state index contributed by atoms with van der Waals surface area (Å²) in [6.07, 6.45) is 9.53. The van der Waals surface area contributed by atoms with Crippen LogP contribution in [0.5, 0.6) is 0 Å². The van der Waals surface area contributed by atoms with Crippen LogP contribution in [0, 0.1) is 5.41 Å². The predicted molar refractivity (Wildman–Crippen MR) is 75.5 cm³/mol. The number of hydrogen-bond donors (Lipinski definition) is 1. The molecule has 0 spiro atoms. The Labute approximate surface area is 111 Å². The van der Waals surface area contributed by atoms with Gasteiger partial charge in [-0.3, -0.25) is 4.68 Å². The van der Waals surface area contributed by atoms with E-state index in [0.717, 1.165) is 12.8 Å². The summed E-state index contributed by atoms with van der Waals surface area (Å²) in [5.41, 5.74) is 7.37. The zero-order chi connectivity index (χ0) is 13.2. The zero-order valence-corrected chi connectivity index (χ0v) is 12.0. The highest BCUT2D eigenvalue weighted by Gasteiger charge is 2.23. The second kappa shape index (κ2) is 5.43. The summed E-state index contributed by atoms with van der Waals surface area (Å²) in [5, 5.41) is 4.76. The summed E-state index contributed by atoms with van der Waals surface area (Å²) in [7, 11) is 0. The lowest BCUT2D eigenvalue weighted by Gasteiger charge is -2.25. The van der Waals surface area contributed by atoms with Crippen molar-refractivity contribution in [2.45, 2.75) is 71.4 Å². The number of hydrogen-bond acceptors (Lipinski definition) is 2. The summed E-state index contributed by atoms with van der Waals surface area (Å²) in [6, 6.07) is 3.09. The first-order valence-corrected chi connectivity index (χ1v) is 7.26. The van der Waals surface area contributed by atoms with Crippen molar-refractivity contribution in [3.63, 3.8) is 0 Å². The standard InChI is InChI=1S/C15H27N3/c1-12(16)10-15(2,3)11-13-8-9-18(17-13)14-6-4-5-7-14/h8-9,12,14H,4-7,10-11,16H2,1-3H3. The van der Waals surface area contributed by atoms with Crippen LogP contribution in [-0.4, -0.2) is 15.8 Å². The van der Waals surface area contributed by atoms with E-state index < -0.39 is 0 Å². The summed E-state index contributed by atoms with van der Waals surface area (Å²) in [6.45, 7) is 6.65. The molecule has 1 heterocycles. The van der Waals surface area contributed by atoms with E-state index in [4.69, 9.17) is 10.8 Å². The van der Waals surface area contributed by atoms with E-state index in [1.54, 1.807) is 0 Å². The minimum atomic E-state index is 0.239. The molecule has 18 heavy (non-hydrogen) atoms. The van der Waals surface area contributed by atoms with Crippen molar-refractivity contribution < 1.29 is 0 Å². The van der Waals surface area contributed by atoms with Gasteiger partial charge in [0.15, 0.2) is 0 Å². The lowest BCUT2D eigenvalue weighted by molar-refractivity contribution is 0.304. The van der Waals surface area contributed by atoms with E-state index in [9.17, 15) is 0 Å². The van der Waals surface area contributed by atoms with E-state index in [1.807, 2.05) is 0 Å². The van der Waals surface area contributed by atoms with Gasteiger partial charge >= 0.3 is 0 Å². The van der Waals surface area contributed by atoms with Gasteiger partial charge in [-0.2, -0.15) is 5.10 Å². The maximum Gasteiger partial charge on any atom is 0.0630 e. The van der Waals surface area contributed by atoms with E-state index in [-0.39, 0.29) is 11.5 Å². The van der Waals surface area contributed by atoms with Gasteiger partial charge in [-0.25, -0.2) is 0 Å². The third-order valence-corrected chi connectivity index (χ3v) is 3.90. The lowest BCUT2D eigenvalue weighted by atomic mass is 9.82. The van der Waals surface area contributed by atoms with E-state index >= 15 is 0 Å². The molecule has 1 fully saturated rings. The Morgan fingerprint density at radius 3 is 2.72 bits per heavy atom. The highest BCUT2D eigenvalue weighted by Crippen LogP contribution is 2.30. The average molecular weight is 249 g/mol. The number of nitrogens with two attached hydrogens (primary N) is 1. The Morgan fingerprint density at radius 2 is 2.11 bits per heavy atom. The number of nitrogens with zero attached hydrogens (tertiary/aromatic N) is 2. The van der Waals surface area contributed by atoms with Gasteiger partial charge in [0.1, 0.15) is 0 Å². The normalized spacial score (nSPS) is 19.3. The topological polar surface area (TPSA) is 43.8 Å². The molecule has 1 saturated carbocycles.